The van der Waals surface area contributed by atoms with E-state index in [1.165, 1.54) is 0 Å². The second-order valence-electron chi connectivity index (χ2n) is 6.97. The molecule has 0 spiro atoms. The van der Waals surface area contributed by atoms with Gasteiger partial charge >= 0.3 is 6.03 Å². The van der Waals surface area contributed by atoms with Crippen molar-refractivity contribution >= 4 is 22.9 Å². The highest BCUT2D eigenvalue weighted by atomic mass is 16.7. The van der Waals surface area contributed by atoms with Gasteiger partial charge in [-0.15, -0.1) is 0 Å². The second kappa shape index (κ2) is 8.31. The number of hydrogen-bond acceptors (Lipinski definition) is 6. The highest BCUT2D eigenvalue weighted by Gasteiger charge is 2.15. The third-order valence-electron chi connectivity index (χ3n) is 4.92. The molecular weight excluding hydrogens is 396 g/mol. The summed E-state index contributed by atoms with van der Waals surface area (Å²) >= 11 is 0. The Bertz CT molecular complexity index is 1220. The fourth-order valence-corrected chi connectivity index (χ4v) is 3.48. The minimum atomic E-state index is -0.276. The number of ether oxygens (including phenoxy) is 2. The molecule has 0 saturated heterocycles. The van der Waals surface area contributed by atoms with Gasteiger partial charge in [-0.1, -0.05) is 0 Å². The zero-order chi connectivity index (χ0) is 21.0. The smallest absolute Gasteiger partial charge is 0.319 e. The molecule has 0 radical (unpaired) electrons. The average molecular weight is 416 g/mol. The van der Waals surface area contributed by atoms with E-state index < -0.39 is 0 Å². The van der Waals surface area contributed by atoms with Crippen molar-refractivity contribution in [2.45, 2.75) is 13.0 Å². The number of nitrogens with one attached hydrogen (secondary N) is 2. The first-order valence-electron chi connectivity index (χ1n) is 9.94. The highest BCUT2D eigenvalue weighted by Crippen LogP contribution is 2.34. The van der Waals surface area contributed by atoms with Gasteiger partial charge in [0.05, 0.1) is 0 Å². The average Bonchev–Trinajstić information content (AvgIpc) is 3.41. The largest absolute Gasteiger partial charge is 0.454 e. The van der Waals surface area contributed by atoms with Crippen LogP contribution in [-0.4, -0.2) is 38.9 Å². The van der Waals surface area contributed by atoms with Gasteiger partial charge in [-0.25, -0.2) is 14.8 Å². The molecule has 0 bridgehead atoms. The van der Waals surface area contributed by atoms with Crippen molar-refractivity contribution in [3.63, 3.8) is 0 Å². The monoisotopic (exact) mass is 416 g/mol. The van der Waals surface area contributed by atoms with Gasteiger partial charge in [0.15, 0.2) is 17.1 Å². The SMILES string of the molecule is O=C(NCCCn1c(-c2ccncc2)nc2cccnc21)Nc1ccc2c(c1)OCO2. The van der Waals surface area contributed by atoms with E-state index in [2.05, 4.69) is 25.2 Å². The van der Waals surface area contributed by atoms with Crippen molar-refractivity contribution < 1.29 is 14.3 Å². The summed E-state index contributed by atoms with van der Waals surface area (Å²) in [6.45, 7) is 1.36. The summed E-state index contributed by atoms with van der Waals surface area (Å²) in [5.41, 5.74) is 3.27. The summed E-state index contributed by atoms with van der Waals surface area (Å²) < 4.78 is 12.7. The molecule has 2 N–H and O–H groups in total. The zero-order valence-electron chi connectivity index (χ0n) is 16.6. The van der Waals surface area contributed by atoms with Gasteiger partial charge in [-0.05, 0) is 42.8 Å². The molecule has 0 unspecified atom stereocenters. The van der Waals surface area contributed by atoms with Crippen LogP contribution in [0.5, 0.6) is 11.5 Å². The molecule has 0 aliphatic carbocycles. The van der Waals surface area contributed by atoms with Gasteiger partial charge in [0.25, 0.3) is 0 Å². The van der Waals surface area contributed by atoms with E-state index in [0.717, 1.165) is 22.6 Å². The summed E-state index contributed by atoms with van der Waals surface area (Å²) in [7, 11) is 0. The van der Waals surface area contributed by atoms with E-state index in [1.807, 2.05) is 24.3 Å². The molecule has 4 aromatic rings. The fraction of sp³-hybridized carbons (Fsp3) is 0.182. The van der Waals surface area contributed by atoms with E-state index in [-0.39, 0.29) is 12.8 Å². The number of pyridine rings is 2. The third-order valence-corrected chi connectivity index (χ3v) is 4.92. The molecule has 5 rings (SSSR count). The van der Waals surface area contributed by atoms with Gasteiger partial charge in [0, 0.05) is 49.0 Å². The molecule has 0 saturated carbocycles. The Kier molecular flexibility index (Phi) is 5.05. The molecule has 31 heavy (non-hydrogen) atoms. The predicted octanol–water partition coefficient (Wildman–Crippen LogP) is 3.43. The molecule has 3 aromatic heterocycles. The van der Waals surface area contributed by atoms with E-state index >= 15 is 0 Å². The van der Waals surface area contributed by atoms with Crippen LogP contribution in [0.1, 0.15) is 6.42 Å². The molecule has 9 nitrogen and oxygen atoms in total. The molecule has 1 aliphatic rings. The number of imidazole rings is 1. The number of aromatic nitrogens is 4. The molecule has 4 heterocycles. The number of amides is 2. The van der Waals surface area contributed by atoms with E-state index in [4.69, 9.17) is 14.5 Å². The Morgan fingerprint density at radius 2 is 1.94 bits per heavy atom. The minimum absolute atomic E-state index is 0.199. The third kappa shape index (κ3) is 3.97. The molecular formula is C22H20N6O3. The summed E-state index contributed by atoms with van der Waals surface area (Å²) in [4.78, 5) is 25.5. The maximum atomic E-state index is 12.2. The van der Waals surface area contributed by atoms with Gasteiger partial charge < -0.3 is 24.7 Å². The van der Waals surface area contributed by atoms with Crippen LogP contribution in [0.3, 0.4) is 0 Å². The molecule has 0 fully saturated rings. The summed E-state index contributed by atoms with van der Waals surface area (Å²) in [6, 6.07) is 12.7. The van der Waals surface area contributed by atoms with Crippen molar-refractivity contribution in [2.24, 2.45) is 0 Å². The van der Waals surface area contributed by atoms with Crippen molar-refractivity contribution in [1.29, 1.82) is 0 Å². The van der Waals surface area contributed by atoms with Crippen LogP contribution < -0.4 is 20.1 Å². The maximum Gasteiger partial charge on any atom is 0.319 e. The molecule has 1 aromatic carbocycles. The van der Waals surface area contributed by atoms with Crippen molar-refractivity contribution in [3.05, 3.63) is 61.1 Å². The lowest BCUT2D eigenvalue weighted by Gasteiger charge is -2.10. The van der Waals surface area contributed by atoms with Crippen LogP contribution in [-0.2, 0) is 6.54 Å². The predicted molar refractivity (Wildman–Crippen MR) is 115 cm³/mol. The lowest BCUT2D eigenvalue weighted by atomic mass is 10.2. The Labute approximate surface area is 178 Å². The van der Waals surface area contributed by atoms with Gasteiger partial charge in [-0.2, -0.15) is 0 Å². The quantitative estimate of drug-likeness (QED) is 0.467. The first-order chi connectivity index (χ1) is 15.3. The number of fused-ring (bicyclic) bond motifs is 2. The number of rotatable bonds is 6. The topological polar surface area (TPSA) is 103 Å². The van der Waals surface area contributed by atoms with E-state index in [0.29, 0.717) is 36.7 Å². The molecule has 156 valence electrons. The van der Waals surface area contributed by atoms with Crippen LogP contribution in [0.15, 0.2) is 61.1 Å². The van der Waals surface area contributed by atoms with Crippen molar-refractivity contribution in [3.8, 4) is 22.9 Å². The van der Waals surface area contributed by atoms with Crippen LogP contribution in [0, 0.1) is 0 Å². The maximum absolute atomic E-state index is 12.2. The number of anilines is 1. The van der Waals surface area contributed by atoms with E-state index in [9.17, 15) is 4.79 Å². The lowest BCUT2D eigenvalue weighted by Crippen LogP contribution is -2.30. The number of carbonyl (C=O) groups is 1. The second-order valence-corrected chi connectivity index (χ2v) is 6.97. The number of carbonyl (C=O) groups excluding carboxylic acids is 1. The molecule has 0 atom stereocenters. The normalized spacial score (nSPS) is 12.1. The summed E-state index contributed by atoms with van der Waals surface area (Å²) in [6.07, 6.45) is 5.96. The molecule has 2 amide bonds. The first-order valence-corrected chi connectivity index (χ1v) is 9.94. The van der Waals surface area contributed by atoms with E-state index in [1.54, 1.807) is 36.8 Å². The lowest BCUT2D eigenvalue weighted by molar-refractivity contribution is 0.174. The number of aryl methyl sites for hydroxylation is 1. The number of hydrogen-bond donors (Lipinski definition) is 2. The van der Waals surface area contributed by atoms with Crippen molar-refractivity contribution in [2.75, 3.05) is 18.7 Å². The first kappa shape index (κ1) is 18.9. The number of urea groups is 1. The zero-order valence-corrected chi connectivity index (χ0v) is 16.6. The van der Waals surface area contributed by atoms with Crippen LogP contribution in [0.4, 0.5) is 10.5 Å². The fourth-order valence-electron chi connectivity index (χ4n) is 3.48. The highest BCUT2D eigenvalue weighted by molar-refractivity contribution is 5.89. The molecule has 9 heteroatoms. The Hall–Kier alpha value is -4.14. The molecule has 1 aliphatic heterocycles. The Balaban J connectivity index is 1.22. The Morgan fingerprint density at radius 1 is 1.06 bits per heavy atom. The van der Waals surface area contributed by atoms with Crippen molar-refractivity contribution in [1.82, 2.24) is 24.8 Å². The summed E-state index contributed by atoms with van der Waals surface area (Å²) in [5.74, 6) is 2.14. The number of benzene rings is 1. The van der Waals surface area contributed by atoms with Crippen LogP contribution >= 0.6 is 0 Å². The Morgan fingerprint density at radius 3 is 2.84 bits per heavy atom. The minimum Gasteiger partial charge on any atom is -0.454 e. The van der Waals surface area contributed by atoms with Crippen LogP contribution in [0.25, 0.3) is 22.6 Å². The van der Waals surface area contributed by atoms with Gasteiger partial charge in [0.1, 0.15) is 11.3 Å². The van der Waals surface area contributed by atoms with Gasteiger partial charge in [0.2, 0.25) is 6.79 Å². The summed E-state index contributed by atoms with van der Waals surface area (Å²) in [5, 5.41) is 5.69. The standard InChI is InChI=1S/C22H20N6O3/c29-22(26-16-4-5-18-19(13-16)31-14-30-18)25-9-2-12-28-20(15-6-10-23-11-7-15)27-17-3-1-8-24-21(17)28/h1,3-8,10-11,13H,2,9,12,14H2,(H2,25,26,29). The number of nitrogens with zero attached hydrogens (tertiary/aromatic N) is 4. The van der Waals surface area contributed by atoms with Gasteiger partial charge in [-0.3, -0.25) is 4.98 Å². The van der Waals surface area contributed by atoms with Crippen LogP contribution in [0.2, 0.25) is 0 Å².